The molecule has 102 valence electrons. The second-order valence-electron chi connectivity index (χ2n) is 5.28. The summed E-state index contributed by atoms with van der Waals surface area (Å²) in [5.74, 6) is 0.0473. The first-order valence-electron chi connectivity index (χ1n) is 6.72. The van der Waals surface area contributed by atoms with Crippen LogP contribution in [0.4, 0.5) is 0 Å². The fraction of sp³-hybridized carbons (Fsp3) is 0.500. The summed E-state index contributed by atoms with van der Waals surface area (Å²) in [4.78, 5) is 23.2. The average molecular weight is 260 g/mol. The molecule has 1 aromatic carbocycles. The first-order chi connectivity index (χ1) is 9.11. The average Bonchev–Trinajstić information content (AvgIpc) is 2.40. The topological polar surface area (TPSA) is 43.4 Å². The Hall–Kier alpha value is -1.48. The summed E-state index contributed by atoms with van der Waals surface area (Å²) in [5, 5.41) is 0. The SMILES string of the molecule is COCc1ccc([C@H]2CCC(=O)[C@@H](C(C)=O)C2)cc1. The lowest BCUT2D eigenvalue weighted by Crippen LogP contribution is -2.29. The molecule has 1 saturated carbocycles. The second-order valence-corrected chi connectivity index (χ2v) is 5.28. The highest BCUT2D eigenvalue weighted by atomic mass is 16.5. The molecule has 1 aliphatic rings. The quantitative estimate of drug-likeness (QED) is 0.782. The van der Waals surface area contributed by atoms with E-state index >= 15 is 0 Å². The number of benzene rings is 1. The molecule has 0 radical (unpaired) electrons. The predicted octanol–water partition coefficient (Wildman–Crippen LogP) is 2.87. The highest BCUT2D eigenvalue weighted by Crippen LogP contribution is 2.34. The van der Waals surface area contributed by atoms with Gasteiger partial charge in [0, 0.05) is 13.5 Å². The molecule has 0 spiro atoms. The fourth-order valence-electron chi connectivity index (χ4n) is 2.77. The Labute approximate surface area is 114 Å². The summed E-state index contributed by atoms with van der Waals surface area (Å²) in [6.07, 6.45) is 2.04. The molecule has 0 N–H and O–H groups in total. The Balaban J connectivity index is 2.09. The van der Waals surface area contributed by atoms with Crippen molar-refractivity contribution < 1.29 is 14.3 Å². The number of rotatable bonds is 4. The van der Waals surface area contributed by atoms with Crippen LogP contribution in [-0.4, -0.2) is 18.7 Å². The van der Waals surface area contributed by atoms with Crippen LogP contribution in [0.25, 0.3) is 0 Å². The van der Waals surface area contributed by atoms with Gasteiger partial charge in [-0.25, -0.2) is 0 Å². The van der Waals surface area contributed by atoms with E-state index in [0.717, 1.165) is 12.0 Å². The predicted molar refractivity (Wildman–Crippen MR) is 72.9 cm³/mol. The number of Topliss-reactive ketones (excluding diaryl/α,β-unsaturated/α-hetero) is 2. The molecule has 0 amide bonds. The molecule has 2 rings (SSSR count). The summed E-state index contributed by atoms with van der Waals surface area (Å²) in [6.45, 7) is 2.13. The van der Waals surface area contributed by atoms with E-state index in [1.807, 2.05) is 0 Å². The molecular weight excluding hydrogens is 240 g/mol. The normalized spacial score (nSPS) is 23.4. The zero-order valence-electron chi connectivity index (χ0n) is 11.5. The summed E-state index contributed by atoms with van der Waals surface area (Å²) in [5.41, 5.74) is 2.36. The second kappa shape index (κ2) is 6.11. The Morgan fingerprint density at radius 3 is 2.58 bits per heavy atom. The van der Waals surface area contributed by atoms with Gasteiger partial charge in [0.05, 0.1) is 12.5 Å². The molecule has 1 aromatic rings. The number of ketones is 2. The lowest BCUT2D eigenvalue weighted by Gasteiger charge is -2.27. The molecule has 0 bridgehead atoms. The van der Waals surface area contributed by atoms with Crippen molar-refractivity contribution in [3.8, 4) is 0 Å². The minimum Gasteiger partial charge on any atom is -0.380 e. The monoisotopic (exact) mass is 260 g/mol. The smallest absolute Gasteiger partial charge is 0.143 e. The van der Waals surface area contributed by atoms with Crippen molar-refractivity contribution >= 4 is 11.6 Å². The van der Waals surface area contributed by atoms with E-state index in [4.69, 9.17) is 4.74 Å². The van der Waals surface area contributed by atoms with Gasteiger partial charge in [-0.05, 0) is 36.8 Å². The molecule has 1 fully saturated rings. The third-order valence-corrected chi connectivity index (χ3v) is 3.90. The van der Waals surface area contributed by atoms with Crippen molar-refractivity contribution in [1.82, 2.24) is 0 Å². The van der Waals surface area contributed by atoms with E-state index < -0.39 is 5.92 Å². The van der Waals surface area contributed by atoms with Gasteiger partial charge in [0.25, 0.3) is 0 Å². The van der Waals surface area contributed by atoms with Crippen molar-refractivity contribution in [2.24, 2.45) is 5.92 Å². The van der Waals surface area contributed by atoms with Gasteiger partial charge in [-0.15, -0.1) is 0 Å². The van der Waals surface area contributed by atoms with E-state index in [1.54, 1.807) is 7.11 Å². The van der Waals surface area contributed by atoms with Crippen molar-refractivity contribution in [2.75, 3.05) is 7.11 Å². The first-order valence-corrected chi connectivity index (χ1v) is 6.72. The fourth-order valence-corrected chi connectivity index (χ4v) is 2.77. The molecule has 19 heavy (non-hydrogen) atoms. The Morgan fingerprint density at radius 2 is 2.00 bits per heavy atom. The van der Waals surface area contributed by atoms with Gasteiger partial charge in [0.1, 0.15) is 11.6 Å². The van der Waals surface area contributed by atoms with Crippen LogP contribution in [0.2, 0.25) is 0 Å². The van der Waals surface area contributed by atoms with E-state index in [2.05, 4.69) is 24.3 Å². The highest BCUT2D eigenvalue weighted by molar-refractivity contribution is 6.01. The Morgan fingerprint density at radius 1 is 1.32 bits per heavy atom. The van der Waals surface area contributed by atoms with Gasteiger partial charge < -0.3 is 4.74 Å². The molecule has 3 nitrogen and oxygen atoms in total. The van der Waals surface area contributed by atoms with Gasteiger partial charge >= 0.3 is 0 Å². The molecule has 1 aliphatic carbocycles. The lowest BCUT2D eigenvalue weighted by atomic mass is 9.76. The third-order valence-electron chi connectivity index (χ3n) is 3.90. The molecule has 0 aliphatic heterocycles. The van der Waals surface area contributed by atoms with Gasteiger partial charge in [-0.1, -0.05) is 24.3 Å². The first kappa shape index (κ1) is 13.9. The standard InChI is InChI=1S/C16H20O3/c1-11(17)15-9-14(7-8-16(15)18)13-5-3-12(4-6-13)10-19-2/h3-6,14-15H,7-10H2,1-2H3/t14-,15+/m0/s1. The molecule has 0 unspecified atom stereocenters. The Kier molecular flexibility index (Phi) is 4.48. The number of carbonyl (C=O) groups is 2. The van der Waals surface area contributed by atoms with Gasteiger partial charge in [-0.2, -0.15) is 0 Å². The van der Waals surface area contributed by atoms with Crippen molar-refractivity contribution in [1.29, 1.82) is 0 Å². The van der Waals surface area contributed by atoms with Crippen LogP contribution >= 0.6 is 0 Å². The molecule has 3 heteroatoms. The minimum atomic E-state index is -0.391. The van der Waals surface area contributed by atoms with Gasteiger partial charge in [-0.3, -0.25) is 9.59 Å². The van der Waals surface area contributed by atoms with E-state index in [1.165, 1.54) is 12.5 Å². The van der Waals surface area contributed by atoms with E-state index in [9.17, 15) is 9.59 Å². The summed E-state index contributed by atoms with van der Waals surface area (Å²) < 4.78 is 5.09. The molecular formula is C16H20O3. The molecule has 2 atom stereocenters. The van der Waals surface area contributed by atoms with E-state index in [0.29, 0.717) is 25.4 Å². The van der Waals surface area contributed by atoms with Crippen LogP contribution in [-0.2, 0) is 20.9 Å². The van der Waals surface area contributed by atoms with Crippen molar-refractivity contribution in [3.05, 3.63) is 35.4 Å². The number of methoxy groups -OCH3 is 1. The summed E-state index contributed by atoms with van der Waals surface area (Å²) in [6, 6.07) is 8.29. The van der Waals surface area contributed by atoms with Crippen molar-refractivity contribution in [3.63, 3.8) is 0 Å². The maximum atomic E-state index is 11.7. The van der Waals surface area contributed by atoms with Crippen LogP contribution in [0.5, 0.6) is 0 Å². The number of hydrogen-bond acceptors (Lipinski definition) is 3. The third kappa shape index (κ3) is 3.29. The summed E-state index contributed by atoms with van der Waals surface area (Å²) in [7, 11) is 1.68. The molecule has 0 saturated heterocycles. The van der Waals surface area contributed by atoms with Crippen LogP contribution in [0.3, 0.4) is 0 Å². The van der Waals surface area contributed by atoms with Crippen LogP contribution in [0, 0.1) is 5.92 Å². The maximum absolute atomic E-state index is 11.7. The highest BCUT2D eigenvalue weighted by Gasteiger charge is 2.32. The molecule has 0 aromatic heterocycles. The minimum absolute atomic E-state index is 0.00528. The van der Waals surface area contributed by atoms with Crippen LogP contribution < -0.4 is 0 Å². The van der Waals surface area contributed by atoms with Gasteiger partial charge in [0.15, 0.2) is 0 Å². The van der Waals surface area contributed by atoms with Gasteiger partial charge in [0.2, 0.25) is 0 Å². The lowest BCUT2D eigenvalue weighted by molar-refractivity contribution is -0.133. The van der Waals surface area contributed by atoms with Crippen LogP contribution in [0.1, 0.15) is 43.2 Å². The largest absolute Gasteiger partial charge is 0.380 e. The van der Waals surface area contributed by atoms with Crippen molar-refractivity contribution in [2.45, 2.75) is 38.7 Å². The zero-order valence-corrected chi connectivity index (χ0v) is 11.5. The summed E-state index contributed by atoms with van der Waals surface area (Å²) >= 11 is 0. The maximum Gasteiger partial charge on any atom is 0.143 e. The van der Waals surface area contributed by atoms with E-state index in [-0.39, 0.29) is 11.6 Å². The number of carbonyl (C=O) groups excluding carboxylic acids is 2. The zero-order chi connectivity index (χ0) is 13.8. The number of ether oxygens (including phenoxy) is 1. The molecule has 0 heterocycles. The number of hydrogen-bond donors (Lipinski definition) is 0. The Bertz CT molecular complexity index is 461. The van der Waals surface area contributed by atoms with Crippen LogP contribution in [0.15, 0.2) is 24.3 Å².